The minimum atomic E-state index is -2.76. The lowest BCUT2D eigenvalue weighted by Gasteiger charge is -2.03. The Morgan fingerprint density at radius 1 is 1.25 bits per heavy atom. The van der Waals surface area contributed by atoms with E-state index in [1.165, 1.54) is 6.07 Å². The predicted octanol–water partition coefficient (Wildman–Crippen LogP) is 4.63. The van der Waals surface area contributed by atoms with Crippen LogP contribution in [0.3, 0.4) is 0 Å². The number of anilines is 1. The van der Waals surface area contributed by atoms with Crippen LogP contribution in [0.1, 0.15) is 32.9 Å². The number of aryl methyl sites for hydroxylation is 1. The summed E-state index contributed by atoms with van der Waals surface area (Å²) in [4.78, 5) is 16.5. The number of nitrogens with two attached hydrogens (primary N) is 1. The number of carbonyl (C=O) groups excluding carboxylic acids is 1. The van der Waals surface area contributed by atoms with Gasteiger partial charge in [0.25, 0.3) is 6.43 Å². The molecule has 3 nitrogen and oxygen atoms in total. The second-order valence-corrected chi connectivity index (χ2v) is 6.14. The summed E-state index contributed by atoms with van der Waals surface area (Å²) in [6, 6.07) is 3.76. The second kappa shape index (κ2) is 5.86. The molecule has 0 aliphatic carbocycles. The molecule has 8 heteroatoms. The Balaban J connectivity index is 2.18. The summed E-state index contributed by atoms with van der Waals surface area (Å²) >= 11 is 0.806. The Morgan fingerprint density at radius 2 is 1.96 bits per heavy atom. The van der Waals surface area contributed by atoms with Gasteiger partial charge in [0.15, 0.2) is 0 Å². The fraction of sp³-hybridized carbons (Fsp3) is 0.125. The fourth-order valence-electron chi connectivity index (χ4n) is 2.41. The summed E-state index contributed by atoms with van der Waals surface area (Å²) in [6.07, 6.45) is -2.76. The van der Waals surface area contributed by atoms with E-state index in [2.05, 4.69) is 4.98 Å². The number of aromatic nitrogens is 1. The van der Waals surface area contributed by atoms with Gasteiger partial charge < -0.3 is 5.73 Å². The predicted molar refractivity (Wildman–Crippen MR) is 83.5 cm³/mol. The Labute approximate surface area is 137 Å². The molecule has 2 heterocycles. The van der Waals surface area contributed by atoms with Gasteiger partial charge in [0.1, 0.15) is 27.0 Å². The summed E-state index contributed by atoms with van der Waals surface area (Å²) in [5.41, 5.74) is 5.68. The molecule has 0 saturated carbocycles. The first-order chi connectivity index (χ1) is 11.3. The lowest BCUT2D eigenvalue weighted by Crippen LogP contribution is -2.05. The van der Waals surface area contributed by atoms with Crippen molar-refractivity contribution >= 4 is 33.0 Å². The van der Waals surface area contributed by atoms with E-state index < -0.39 is 29.5 Å². The van der Waals surface area contributed by atoms with E-state index in [-0.39, 0.29) is 21.0 Å². The molecule has 0 aliphatic heterocycles. The van der Waals surface area contributed by atoms with E-state index in [1.54, 1.807) is 6.92 Å². The normalized spacial score (nSPS) is 11.4. The van der Waals surface area contributed by atoms with E-state index in [1.807, 2.05) is 0 Å². The number of nitrogen functional groups attached to an aromatic ring is 1. The van der Waals surface area contributed by atoms with E-state index in [9.17, 15) is 22.4 Å². The lowest BCUT2D eigenvalue weighted by atomic mass is 10.1. The Bertz CT molecular complexity index is 968. The van der Waals surface area contributed by atoms with Crippen LogP contribution in [0.25, 0.3) is 10.2 Å². The smallest absolute Gasteiger partial charge is 0.280 e. The number of fused-ring (bicyclic) bond motifs is 1. The van der Waals surface area contributed by atoms with E-state index >= 15 is 0 Å². The van der Waals surface area contributed by atoms with Crippen molar-refractivity contribution in [2.75, 3.05) is 5.73 Å². The summed E-state index contributed by atoms with van der Waals surface area (Å²) in [7, 11) is 0. The fourth-order valence-corrected chi connectivity index (χ4v) is 3.54. The highest BCUT2D eigenvalue weighted by atomic mass is 32.1. The van der Waals surface area contributed by atoms with Crippen LogP contribution >= 0.6 is 11.3 Å². The molecule has 3 rings (SSSR count). The molecule has 2 aromatic heterocycles. The van der Waals surface area contributed by atoms with Crippen LogP contribution < -0.4 is 5.73 Å². The molecule has 0 fully saturated rings. The lowest BCUT2D eigenvalue weighted by molar-refractivity contribution is 0.103. The van der Waals surface area contributed by atoms with Crippen molar-refractivity contribution in [2.24, 2.45) is 0 Å². The van der Waals surface area contributed by atoms with Crippen molar-refractivity contribution in [3.8, 4) is 0 Å². The zero-order valence-electron chi connectivity index (χ0n) is 12.2. The van der Waals surface area contributed by atoms with Gasteiger partial charge in [0, 0.05) is 11.5 Å². The van der Waals surface area contributed by atoms with Gasteiger partial charge in [-0.25, -0.2) is 22.5 Å². The number of halogens is 4. The molecule has 0 amide bonds. The number of nitrogens with zero attached hydrogens (tertiary/aromatic N) is 1. The molecule has 3 aromatic rings. The van der Waals surface area contributed by atoms with Gasteiger partial charge in [-0.1, -0.05) is 0 Å². The van der Waals surface area contributed by atoms with Gasteiger partial charge in [-0.05, 0) is 30.7 Å². The Morgan fingerprint density at radius 3 is 2.58 bits per heavy atom. The standard InChI is InChI=1S/C16H10F4N2OS/c1-6-4-10(15(19)20)22-16-11(6)12(21)14(24-16)13(23)8-3-2-7(17)5-9(8)18/h2-5,15H,21H2,1H3. The van der Waals surface area contributed by atoms with Gasteiger partial charge >= 0.3 is 0 Å². The SMILES string of the molecule is Cc1cc(C(F)F)nc2sc(C(=O)c3ccc(F)cc3F)c(N)c12. The molecule has 0 spiro atoms. The topological polar surface area (TPSA) is 56.0 Å². The summed E-state index contributed by atoms with van der Waals surface area (Å²) in [6.45, 7) is 1.58. The molecule has 2 N–H and O–H groups in total. The van der Waals surface area contributed by atoms with Crippen molar-refractivity contribution in [2.45, 2.75) is 13.3 Å². The largest absolute Gasteiger partial charge is 0.397 e. The third-order valence-corrected chi connectivity index (χ3v) is 4.62. The van der Waals surface area contributed by atoms with Crippen LogP contribution in [0.2, 0.25) is 0 Å². The van der Waals surface area contributed by atoms with Crippen LogP contribution in [0, 0.1) is 18.6 Å². The highest BCUT2D eigenvalue weighted by Crippen LogP contribution is 2.37. The van der Waals surface area contributed by atoms with Crippen LogP contribution in [0.5, 0.6) is 0 Å². The van der Waals surface area contributed by atoms with Crippen LogP contribution in [-0.2, 0) is 0 Å². The minimum Gasteiger partial charge on any atom is -0.397 e. The zero-order valence-corrected chi connectivity index (χ0v) is 13.1. The maximum absolute atomic E-state index is 13.8. The van der Waals surface area contributed by atoms with Gasteiger partial charge in [-0.2, -0.15) is 0 Å². The van der Waals surface area contributed by atoms with Crippen LogP contribution in [-0.4, -0.2) is 10.8 Å². The average Bonchev–Trinajstić information content (AvgIpc) is 2.84. The highest BCUT2D eigenvalue weighted by Gasteiger charge is 2.23. The monoisotopic (exact) mass is 354 g/mol. The molecule has 0 saturated heterocycles. The second-order valence-electron chi connectivity index (χ2n) is 5.14. The van der Waals surface area contributed by atoms with Crippen molar-refractivity contribution < 1.29 is 22.4 Å². The highest BCUT2D eigenvalue weighted by molar-refractivity contribution is 7.21. The molecule has 1 aromatic carbocycles. The summed E-state index contributed by atoms with van der Waals surface area (Å²) in [5.74, 6) is -2.58. The van der Waals surface area contributed by atoms with Crippen molar-refractivity contribution in [3.63, 3.8) is 0 Å². The van der Waals surface area contributed by atoms with E-state index in [4.69, 9.17) is 5.73 Å². The number of rotatable bonds is 3. The molecule has 124 valence electrons. The Hall–Kier alpha value is -2.48. The molecule has 0 radical (unpaired) electrons. The number of alkyl halides is 2. The molecule has 0 unspecified atom stereocenters. The van der Waals surface area contributed by atoms with Crippen LogP contribution in [0.15, 0.2) is 24.3 Å². The number of thiophene rings is 1. The molecular weight excluding hydrogens is 344 g/mol. The third-order valence-electron chi connectivity index (χ3n) is 3.52. The van der Waals surface area contributed by atoms with Crippen LogP contribution in [0.4, 0.5) is 23.2 Å². The number of hydrogen-bond acceptors (Lipinski definition) is 4. The number of ketones is 1. The number of pyridine rings is 1. The van der Waals surface area contributed by atoms with Crippen molar-refractivity contribution in [3.05, 3.63) is 57.6 Å². The van der Waals surface area contributed by atoms with Gasteiger partial charge in [0.05, 0.1) is 11.3 Å². The Kier molecular flexibility index (Phi) is 4.00. The molecule has 0 bridgehead atoms. The molecule has 0 aliphatic rings. The number of hydrogen-bond donors (Lipinski definition) is 1. The number of benzene rings is 1. The molecule has 0 atom stereocenters. The van der Waals surface area contributed by atoms with E-state index in [0.717, 1.165) is 23.5 Å². The van der Waals surface area contributed by atoms with E-state index in [0.29, 0.717) is 17.0 Å². The molecular formula is C16H10F4N2OS. The average molecular weight is 354 g/mol. The van der Waals surface area contributed by atoms with Gasteiger partial charge in [-0.15, -0.1) is 11.3 Å². The maximum atomic E-state index is 13.8. The van der Waals surface area contributed by atoms with Crippen molar-refractivity contribution in [1.29, 1.82) is 0 Å². The zero-order chi connectivity index (χ0) is 17.6. The first-order valence-corrected chi connectivity index (χ1v) is 7.58. The minimum absolute atomic E-state index is 0.0162. The first kappa shape index (κ1) is 16.4. The quantitative estimate of drug-likeness (QED) is 0.551. The van der Waals surface area contributed by atoms with Gasteiger partial charge in [-0.3, -0.25) is 4.79 Å². The summed E-state index contributed by atoms with van der Waals surface area (Å²) < 4.78 is 52.5. The number of carbonyl (C=O) groups is 1. The summed E-state index contributed by atoms with van der Waals surface area (Å²) in [5, 5.41) is 0.385. The first-order valence-electron chi connectivity index (χ1n) is 6.77. The molecule has 24 heavy (non-hydrogen) atoms. The van der Waals surface area contributed by atoms with Gasteiger partial charge in [0.2, 0.25) is 5.78 Å². The maximum Gasteiger partial charge on any atom is 0.280 e. The van der Waals surface area contributed by atoms with Crippen molar-refractivity contribution in [1.82, 2.24) is 4.98 Å². The third kappa shape index (κ3) is 2.62.